The largest absolute Gasteiger partial charge is 0.471 e. The lowest BCUT2D eigenvalue weighted by Gasteiger charge is -2.30. The van der Waals surface area contributed by atoms with Crippen molar-refractivity contribution < 1.29 is 54.3 Å². The topological polar surface area (TPSA) is 190 Å². The number of allylic oxidation sites excluding steroid dienone is 1. The predicted molar refractivity (Wildman–Crippen MR) is 199 cm³/mol. The molecule has 2 aromatic carbocycles. The zero-order valence-electron chi connectivity index (χ0n) is 30.8. The molecule has 4 aliphatic rings. The van der Waals surface area contributed by atoms with Crippen LogP contribution in [0.15, 0.2) is 65.1 Å². The third-order valence-electron chi connectivity index (χ3n) is 11.0. The standard InChI is InChI=1S/C39H38F4N6O8S/c40-23-13-16-29-26(17-23)30-31(57-29)34(46-32(45-30)21-9-5-4-6-10-21)56-24-18-28-33(50)47-38(36(52)48-58(54,55)25-14-15-25)19-22(38)11-7-2-1-3-8-12-27(35(51)49(28)20-24)44-37(53)39(41,42)43/h4-7,9-11,13,16-17,22,24-25,27-28H,1-3,8,12,14-15,18-20H2,(H,44,53)(H,47,50)(H,48,52)/b11-7-/t22-,24+,27-,28-,38+/m0/s1. The fraction of sp³-hybridized carbons (Fsp3) is 0.436. The van der Waals surface area contributed by atoms with Crippen LogP contribution < -0.4 is 20.1 Å². The minimum absolute atomic E-state index is 0.0240. The quantitative estimate of drug-likeness (QED) is 0.176. The zero-order valence-corrected chi connectivity index (χ0v) is 31.6. The van der Waals surface area contributed by atoms with Crippen molar-refractivity contribution in [3.63, 3.8) is 0 Å². The third-order valence-corrected chi connectivity index (χ3v) is 12.8. The number of hydrogen-bond donors (Lipinski definition) is 3. The second-order valence-corrected chi connectivity index (χ2v) is 17.1. The van der Waals surface area contributed by atoms with Crippen molar-refractivity contribution in [2.45, 2.75) is 92.9 Å². The number of alkyl halides is 3. The number of halogens is 4. The number of amides is 4. The maximum atomic E-state index is 14.4. The van der Waals surface area contributed by atoms with Crippen LogP contribution in [-0.4, -0.2) is 88.6 Å². The lowest BCUT2D eigenvalue weighted by atomic mass is 10.0. The second kappa shape index (κ2) is 15.0. The van der Waals surface area contributed by atoms with Gasteiger partial charge in [0.25, 0.3) is 11.8 Å². The number of aromatic nitrogens is 2. The third kappa shape index (κ3) is 7.82. The van der Waals surface area contributed by atoms with Crippen molar-refractivity contribution in [3.05, 3.63) is 66.5 Å². The number of furan rings is 1. The molecular formula is C39H38F4N6O8S. The molecule has 0 unspecified atom stereocenters. The SMILES string of the molecule is O=C1N[C@]2(C(=O)NS(=O)(=O)C3CC3)C[C@@H]2/C=C\CCCCC[C@H](NC(=O)C(F)(F)F)C(=O)N2C[C@H](Oc3nc(-c4ccccc4)nc4c3oc3ccc(F)cc34)C[C@@H]12. The average molecular weight is 827 g/mol. The maximum Gasteiger partial charge on any atom is 0.471 e. The molecule has 2 saturated carbocycles. The Morgan fingerprint density at radius 3 is 2.53 bits per heavy atom. The van der Waals surface area contributed by atoms with Crippen LogP contribution in [0.4, 0.5) is 17.6 Å². The van der Waals surface area contributed by atoms with Crippen molar-refractivity contribution in [2.24, 2.45) is 5.92 Å². The summed E-state index contributed by atoms with van der Waals surface area (Å²) in [6.45, 7) is -0.380. The molecule has 3 fully saturated rings. The molecule has 19 heteroatoms. The van der Waals surface area contributed by atoms with E-state index in [-0.39, 0.29) is 60.6 Å². The molecule has 58 heavy (non-hydrogen) atoms. The van der Waals surface area contributed by atoms with Crippen LogP contribution in [0.2, 0.25) is 0 Å². The highest BCUT2D eigenvalue weighted by molar-refractivity contribution is 7.91. The Kier molecular flexibility index (Phi) is 10.1. The monoisotopic (exact) mass is 826 g/mol. The van der Waals surface area contributed by atoms with E-state index in [4.69, 9.17) is 9.15 Å². The van der Waals surface area contributed by atoms with Crippen LogP contribution in [0.5, 0.6) is 5.88 Å². The van der Waals surface area contributed by atoms with Gasteiger partial charge in [-0.15, -0.1) is 0 Å². The first-order valence-corrected chi connectivity index (χ1v) is 20.5. The van der Waals surface area contributed by atoms with Gasteiger partial charge < -0.3 is 24.7 Å². The number of hydrogen-bond acceptors (Lipinski definition) is 10. The lowest BCUT2D eigenvalue weighted by Crippen LogP contribution is -2.58. The number of carbonyl (C=O) groups excluding carboxylic acids is 4. The Balaban J connectivity index is 1.16. The minimum atomic E-state index is -5.30. The molecule has 1 saturated heterocycles. The molecule has 14 nitrogen and oxygen atoms in total. The summed E-state index contributed by atoms with van der Waals surface area (Å²) in [5.41, 5.74) is -0.636. The molecule has 0 spiro atoms. The van der Waals surface area contributed by atoms with Gasteiger partial charge in [0.2, 0.25) is 27.4 Å². The lowest BCUT2D eigenvalue weighted by molar-refractivity contribution is -0.175. The molecule has 4 aromatic rings. The molecule has 0 bridgehead atoms. The van der Waals surface area contributed by atoms with E-state index in [0.717, 1.165) is 4.90 Å². The molecule has 5 atom stereocenters. The number of sulfonamides is 1. The smallest absolute Gasteiger partial charge is 0.470 e. The van der Waals surface area contributed by atoms with Gasteiger partial charge in [-0.1, -0.05) is 55.3 Å². The Hall–Kier alpha value is -5.59. The van der Waals surface area contributed by atoms with Crippen molar-refractivity contribution >= 4 is 55.7 Å². The first-order chi connectivity index (χ1) is 27.6. The van der Waals surface area contributed by atoms with E-state index in [2.05, 4.69) is 20.0 Å². The van der Waals surface area contributed by atoms with E-state index in [0.29, 0.717) is 43.1 Å². The van der Waals surface area contributed by atoms with Gasteiger partial charge in [0.15, 0.2) is 5.82 Å². The number of benzene rings is 2. The molecule has 4 heterocycles. The summed E-state index contributed by atoms with van der Waals surface area (Å²) >= 11 is 0. The first-order valence-electron chi connectivity index (χ1n) is 19.0. The summed E-state index contributed by atoms with van der Waals surface area (Å²) in [7, 11) is -4.02. The molecule has 2 aliphatic carbocycles. The number of rotatable bonds is 7. The molecular weight excluding hydrogens is 789 g/mol. The summed E-state index contributed by atoms with van der Waals surface area (Å²) in [6.07, 6.45) is -0.664. The average Bonchev–Trinajstić information content (AvgIpc) is 4.08. The van der Waals surface area contributed by atoms with Crippen LogP contribution in [0.3, 0.4) is 0 Å². The zero-order chi connectivity index (χ0) is 41.0. The summed E-state index contributed by atoms with van der Waals surface area (Å²) < 4.78 is 95.2. The Morgan fingerprint density at radius 2 is 1.79 bits per heavy atom. The Bertz CT molecular complexity index is 2440. The van der Waals surface area contributed by atoms with Crippen LogP contribution in [0.25, 0.3) is 33.5 Å². The number of fused-ring (bicyclic) bond motifs is 5. The van der Waals surface area contributed by atoms with Crippen molar-refractivity contribution in [1.29, 1.82) is 0 Å². The highest BCUT2D eigenvalue weighted by Crippen LogP contribution is 2.46. The summed E-state index contributed by atoms with van der Waals surface area (Å²) in [6, 6.07) is 9.47. The van der Waals surface area contributed by atoms with Gasteiger partial charge in [0.1, 0.15) is 40.6 Å². The highest BCUT2D eigenvalue weighted by Gasteiger charge is 2.62. The number of ether oxygens (including phenoxy) is 1. The van der Waals surface area contributed by atoms with Gasteiger partial charge in [-0.25, -0.2) is 17.8 Å². The van der Waals surface area contributed by atoms with Gasteiger partial charge in [-0.3, -0.25) is 23.9 Å². The predicted octanol–water partition coefficient (Wildman–Crippen LogP) is 4.58. The Morgan fingerprint density at radius 1 is 1.02 bits per heavy atom. The van der Waals surface area contributed by atoms with E-state index in [1.807, 2.05) is 5.32 Å². The molecule has 3 N–H and O–H groups in total. The molecule has 306 valence electrons. The summed E-state index contributed by atoms with van der Waals surface area (Å²) in [5.74, 6) is -6.24. The fourth-order valence-electron chi connectivity index (χ4n) is 7.63. The van der Waals surface area contributed by atoms with E-state index in [9.17, 15) is 45.2 Å². The normalized spacial score (nSPS) is 26.2. The van der Waals surface area contributed by atoms with Crippen molar-refractivity contribution in [2.75, 3.05) is 6.54 Å². The maximum absolute atomic E-state index is 14.4. The van der Waals surface area contributed by atoms with Gasteiger partial charge >= 0.3 is 12.1 Å². The first kappa shape index (κ1) is 39.2. The van der Waals surface area contributed by atoms with Crippen molar-refractivity contribution in [3.8, 4) is 17.3 Å². The van der Waals surface area contributed by atoms with E-state index in [1.165, 1.54) is 18.2 Å². The van der Waals surface area contributed by atoms with Crippen LogP contribution in [-0.2, 0) is 29.2 Å². The summed E-state index contributed by atoms with van der Waals surface area (Å²) in [5, 5.41) is 4.09. The molecule has 2 aliphatic heterocycles. The molecule has 2 aromatic heterocycles. The van der Waals surface area contributed by atoms with Gasteiger partial charge in [-0.2, -0.15) is 18.2 Å². The highest BCUT2D eigenvalue weighted by atomic mass is 32.2. The Labute approximate surface area is 328 Å². The number of nitrogens with one attached hydrogen (secondary N) is 3. The van der Waals surface area contributed by atoms with Gasteiger partial charge in [-0.05, 0) is 56.7 Å². The molecule has 4 amide bonds. The van der Waals surface area contributed by atoms with Crippen molar-refractivity contribution in [1.82, 2.24) is 30.2 Å². The number of nitrogens with zero attached hydrogens (tertiary/aromatic N) is 3. The fourth-order valence-corrected chi connectivity index (χ4v) is 9.00. The van der Waals surface area contributed by atoms with E-state index < -0.39 is 80.5 Å². The molecule has 0 radical (unpaired) electrons. The van der Waals surface area contributed by atoms with E-state index in [1.54, 1.807) is 42.5 Å². The summed E-state index contributed by atoms with van der Waals surface area (Å²) in [4.78, 5) is 64.8. The van der Waals surface area contributed by atoms with Gasteiger partial charge in [0, 0.05) is 23.3 Å². The van der Waals surface area contributed by atoms with Crippen LogP contribution >= 0.6 is 0 Å². The van der Waals surface area contributed by atoms with E-state index >= 15 is 0 Å². The van der Waals surface area contributed by atoms with Crippen LogP contribution in [0, 0.1) is 11.7 Å². The second-order valence-electron chi connectivity index (χ2n) is 15.2. The van der Waals surface area contributed by atoms with Crippen LogP contribution in [0.1, 0.15) is 57.8 Å². The van der Waals surface area contributed by atoms with Gasteiger partial charge in [0.05, 0.1) is 11.8 Å². The minimum Gasteiger partial charge on any atom is -0.470 e. The number of carbonyl (C=O) groups is 4. The molecule has 8 rings (SSSR count).